The molecular weight excluding hydrogens is 448 g/mol. The summed E-state index contributed by atoms with van der Waals surface area (Å²) >= 11 is 0. The van der Waals surface area contributed by atoms with Crippen LogP contribution >= 0.6 is 0 Å². The van der Waals surface area contributed by atoms with Crippen molar-refractivity contribution in [3.05, 3.63) is 108 Å². The van der Waals surface area contributed by atoms with Crippen LogP contribution in [0.1, 0.15) is 16.7 Å². The first-order chi connectivity index (χ1) is 16.4. The molecule has 34 heavy (non-hydrogen) atoms. The number of carbonyl (C=O) groups is 1. The Balaban J connectivity index is 1.44. The van der Waals surface area contributed by atoms with Crippen molar-refractivity contribution in [2.24, 2.45) is 0 Å². The Morgan fingerprint density at radius 1 is 0.912 bits per heavy atom. The molecule has 0 unspecified atom stereocenters. The van der Waals surface area contributed by atoms with Crippen molar-refractivity contribution in [3.8, 4) is 11.3 Å². The van der Waals surface area contributed by atoms with E-state index in [1.165, 1.54) is 12.1 Å². The number of hydrogen-bond donors (Lipinski definition) is 2. The molecule has 0 atom stereocenters. The number of nitrogens with one attached hydrogen (secondary N) is 2. The second-order valence-electron chi connectivity index (χ2n) is 7.97. The van der Waals surface area contributed by atoms with E-state index in [1.54, 1.807) is 12.1 Å². The summed E-state index contributed by atoms with van der Waals surface area (Å²) < 4.78 is 29.1. The number of nitrogens with zero attached hydrogens (tertiary/aromatic N) is 2. The maximum absolute atomic E-state index is 12.4. The van der Waals surface area contributed by atoms with Crippen LogP contribution in [-0.4, -0.2) is 30.7 Å². The molecule has 0 aliphatic rings. The molecule has 174 valence electrons. The molecule has 1 aromatic heterocycles. The Morgan fingerprint density at radius 3 is 2.24 bits per heavy atom. The first-order valence-electron chi connectivity index (χ1n) is 10.9. The number of hydrogen-bond acceptors (Lipinski definition) is 4. The van der Waals surface area contributed by atoms with Gasteiger partial charge in [0.15, 0.2) is 0 Å². The van der Waals surface area contributed by atoms with Gasteiger partial charge in [-0.05, 0) is 24.6 Å². The summed E-state index contributed by atoms with van der Waals surface area (Å²) in [5, 5.41) is 7.54. The smallest absolute Gasteiger partial charge is 0.241 e. The standard InChI is InChI=1S/C26H26N4O3S/c1-20-12-14-24(15-13-20)34(32,33)28-17-25(31)27-16-23-19-30(18-21-8-4-2-5-9-21)29-26(23)22-10-6-3-7-11-22/h2-15,19,28H,16-18H2,1H3,(H,27,31). The van der Waals surface area contributed by atoms with Crippen LogP contribution in [0.3, 0.4) is 0 Å². The Hall–Kier alpha value is -3.75. The first-order valence-corrected chi connectivity index (χ1v) is 12.4. The van der Waals surface area contributed by atoms with Crippen molar-refractivity contribution in [2.45, 2.75) is 24.9 Å². The number of sulfonamides is 1. The van der Waals surface area contributed by atoms with Crippen LogP contribution < -0.4 is 10.0 Å². The summed E-state index contributed by atoms with van der Waals surface area (Å²) in [4.78, 5) is 12.6. The molecule has 0 aliphatic carbocycles. The molecule has 7 nitrogen and oxygen atoms in total. The maximum Gasteiger partial charge on any atom is 0.241 e. The fraction of sp³-hybridized carbons (Fsp3) is 0.154. The van der Waals surface area contributed by atoms with Gasteiger partial charge in [-0.2, -0.15) is 5.10 Å². The highest BCUT2D eigenvalue weighted by molar-refractivity contribution is 7.89. The fourth-order valence-electron chi connectivity index (χ4n) is 3.50. The largest absolute Gasteiger partial charge is 0.351 e. The van der Waals surface area contributed by atoms with Crippen molar-refractivity contribution in [3.63, 3.8) is 0 Å². The van der Waals surface area contributed by atoms with Gasteiger partial charge in [-0.3, -0.25) is 9.48 Å². The van der Waals surface area contributed by atoms with Gasteiger partial charge in [0, 0.05) is 23.9 Å². The molecule has 2 N–H and O–H groups in total. The minimum atomic E-state index is -3.76. The molecule has 1 heterocycles. The van der Waals surface area contributed by atoms with Crippen LogP contribution in [0.2, 0.25) is 0 Å². The lowest BCUT2D eigenvalue weighted by Crippen LogP contribution is -2.36. The van der Waals surface area contributed by atoms with Crippen LogP contribution in [0.5, 0.6) is 0 Å². The zero-order valence-electron chi connectivity index (χ0n) is 18.8. The summed E-state index contributed by atoms with van der Waals surface area (Å²) in [6.45, 7) is 2.35. The number of rotatable bonds is 9. The maximum atomic E-state index is 12.4. The van der Waals surface area contributed by atoms with E-state index < -0.39 is 15.9 Å². The summed E-state index contributed by atoms with van der Waals surface area (Å²) in [7, 11) is -3.76. The van der Waals surface area contributed by atoms with Crippen LogP contribution in [0, 0.1) is 6.92 Å². The molecule has 0 saturated carbocycles. The third kappa shape index (κ3) is 5.98. The molecule has 8 heteroatoms. The highest BCUT2D eigenvalue weighted by Crippen LogP contribution is 2.22. The third-order valence-corrected chi connectivity index (χ3v) is 6.72. The van der Waals surface area contributed by atoms with E-state index >= 15 is 0 Å². The van der Waals surface area contributed by atoms with E-state index in [0.717, 1.165) is 27.9 Å². The lowest BCUT2D eigenvalue weighted by Gasteiger charge is -2.08. The van der Waals surface area contributed by atoms with E-state index in [1.807, 2.05) is 78.5 Å². The normalized spacial score (nSPS) is 11.3. The van der Waals surface area contributed by atoms with Crippen LogP contribution in [-0.2, 0) is 27.9 Å². The molecular formula is C26H26N4O3S. The van der Waals surface area contributed by atoms with Gasteiger partial charge in [-0.15, -0.1) is 0 Å². The molecule has 4 rings (SSSR count). The quantitative estimate of drug-likeness (QED) is 0.388. The average molecular weight is 475 g/mol. The van der Waals surface area contributed by atoms with Crippen molar-refractivity contribution in [1.82, 2.24) is 19.8 Å². The number of aromatic nitrogens is 2. The predicted molar refractivity (Wildman–Crippen MR) is 131 cm³/mol. The second kappa shape index (κ2) is 10.5. The molecule has 0 radical (unpaired) electrons. The number of aryl methyl sites for hydroxylation is 1. The number of amides is 1. The highest BCUT2D eigenvalue weighted by atomic mass is 32.2. The van der Waals surface area contributed by atoms with Crippen molar-refractivity contribution in [2.75, 3.05) is 6.54 Å². The summed E-state index contributed by atoms with van der Waals surface area (Å²) in [5.41, 5.74) is 4.64. The van der Waals surface area contributed by atoms with Gasteiger partial charge < -0.3 is 5.32 Å². The summed E-state index contributed by atoms with van der Waals surface area (Å²) in [6, 6.07) is 26.2. The van der Waals surface area contributed by atoms with E-state index in [9.17, 15) is 13.2 Å². The van der Waals surface area contributed by atoms with E-state index in [0.29, 0.717) is 6.54 Å². The number of carbonyl (C=O) groups excluding carboxylic acids is 1. The Kier molecular flexibility index (Phi) is 7.20. The Labute approximate surface area is 199 Å². The predicted octanol–water partition coefficient (Wildman–Crippen LogP) is 3.50. The highest BCUT2D eigenvalue weighted by Gasteiger charge is 2.16. The second-order valence-corrected chi connectivity index (χ2v) is 9.73. The molecule has 4 aromatic rings. The topological polar surface area (TPSA) is 93.1 Å². The first kappa shape index (κ1) is 23.4. The minimum absolute atomic E-state index is 0.124. The Bertz CT molecular complexity index is 1350. The third-order valence-electron chi connectivity index (χ3n) is 5.30. The van der Waals surface area contributed by atoms with E-state index in [-0.39, 0.29) is 18.0 Å². The lowest BCUT2D eigenvalue weighted by atomic mass is 10.1. The molecule has 1 amide bonds. The molecule has 0 fully saturated rings. The zero-order chi connectivity index (χ0) is 24.0. The van der Waals surface area contributed by atoms with Crippen molar-refractivity contribution in [1.29, 1.82) is 0 Å². The van der Waals surface area contributed by atoms with Crippen LogP contribution in [0.25, 0.3) is 11.3 Å². The van der Waals surface area contributed by atoms with Gasteiger partial charge in [-0.25, -0.2) is 13.1 Å². The molecule has 0 bridgehead atoms. The lowest BCUT2D eigenvalue weighted by molar-refractivity contribution is -0.120. The molecule has 0 saturated heterocycles. The van der Waals surface area contributed by atoms with Gasteiger partial charge in [-0.1, -0.05) is 78.4 Å². The van der Waals surface area contributed by atoms with Gasteiger partial charge >= 0.3 is 0 Å². The van der Waals surface area contributed by atoms with Crippen LogP contribution in [0.15, 0.2) is 96.0 Å². The summed E-state index contributed by atoms with van der Waals surface area (Å²) in [5.74, 6) is -0.425. The van der Waals surface area contributed by atoms with Gasteiger partial charge in [0.25, 0.3) is 0 Å². The van der Waals surface area contributed by atoms with Gasteiger partial charge in [0.1, 0.15) is 0 Å². The zero-order valence-corrected chi connectivity index (χ0v) is 19.6. The summed E-state index contributed by atoms with van der Waals surface area (Å²) in [6.07, 6.45) is 1.91. The molecule has 0 spiro atoms. The molecule has 0 aliphatic heterocycles. The average Bonchev–Trinajstić information content (AvgIpc) is 3.25. The SMILES string of the molecule is Cc1ccc(S(=O)(=O)NCC(=O)NCc2cn(Cc3ccccc3)nc2-c2ccccc2)cc1. The van der Waals surface area contributed by atoms with Gasteiger partial charge in [0.2, 0.25) is 15.9 Å². The van der Waals surface area contributed by atoms with Crippen LogP contribution in [0.4, 0.5) is 0 Å². The van der Waals surface area contributed by atoms with E-state index in [4.69, 9.17) is 5.10 Å². The van der Waals surface area contributed by atoms with E-state index in [2.05, 4.69) is 10.0 Å². The number of benzene rings is 3. The Morgan fingerprint density at radius 2 is 1.56 bits per heavy atom. The molecule has 3 aromatic carbocycles. The van der Waals surface area contributed by atoms with Gasteiger partial charge in [0.05, 0.1) is 23.7 Å². The fourth-order valence-corrected chi connectivity index (χ4v) is 4.48. The van der Waals surface area contributed by atoms with Crippen molar-refractivity contribution < 1.29 is 13.2 Å². The monoisotopic (exact) mass is 474 g/mol. The minimum Gasteiger partial charge on any atom is -0.351 e. The van der Waals surface area contributed by atoms with Crippen molar-refractivity contribution >= 4 is 15.9 Å².